The predicted molar refractivity (Wildman–Crippen MR) is 106 cm³/mol. The fourth-order valence-corrected chi connectivity index (χ4v) is 3.73. The molecule has 1 aliphatic rings. The lowest BCUT2D eigenvalue weighted by Gasteiger charge is -2.32. The molecule has 1 aliphatic heterocycles. The molecule has 2 amide bonds. The predicted octanol–water partition coefficient (Wildman–Crippen LogP) is 4.37. The SMILES string of the molecule is CCOc1ccccc1NC(=O)N1CCC(c2c[nH]c3cccnc23)CC1. The molecule has 0 aliphatic carbocycles. The van der Waals surface area contributed by atoms with Gasteiger partial charge in [-0.2, -0.15) is 0 Å². The number of rotatable bonds is 4. The molecule has 2 N–H and O–H groups in total. The molecule has 27 heavy (non-hydrogen) atoms. The highest BCUT2D eigenvalue weighted by Gasteiger charge is 2.26. The summed E-state index contributed by atoms with van der Waals surface area (Å²) in [5.41, 5.74) is 4.09. The van der Waals surface area contributed by atoms with Crippen LogP contribution in [-0.2, 0) is 0 Å². The largest absolute Gasteiger partial charge is 0.492 e. The van der Waals surface area contributed by atoms with Crippen LogP contribution in [0, 0.1) is 0 Å². The van der Waals surface area contributed by atoms with E-state index in [0.29, 0.717) is 24.0 Å². The van der Waals surface area contributed by atoms with Crippen LogP contribution in [0.3, 0.4) is 0 Å². The van der Waals surface area contributed by atoms with E-state index in [1.54, 1.807) is 0 Å². The van der Waals surface area contributed by atoms with E-state index in [0.717, 1.165) is 37.0 Å². The minimum absolute atomic E-state index is 0.0716. The van der Waals surface area contributed by atoms with Gasteiger partial charge in [0.15, 0.2) is 0 Å². The Labute approximate surface area is 158 Å². The van der Waals surface area contributed by atoms with Gasteiger partial charge < -0.3 is 19.9 Å². The number of ether oxygens (including phenoxy) is 1. The molecule has 3 aromatic rings. The van der Waals surface area contributed by atoms with Crippen LogP contribution in [0.2, 0.25) is 0 Å². The first-order chi connectivity index (χ1) is 13.3. The number of aromatic nitrogens is 2. The number of H-pyrrole nitrogens is 1. The Morgan fingerprint density at radius 2 is 2.07 bits per heavy atom. The minimum atomic E-state index is -0.0716. The number of piperidine rings is 1. The number of anilines is 1. The van der Waals surface area contributed by atoms with Crippen molar-refractivity contribution in [2.45, 2.75) is 25.7 Å². The third kappa shape index (κ3) is 3.60. The molecule has 1 saturated heterocycles. The molecule has 6 nitrogen and oxygen atoms in total. The van der Waals surface area contributed by atoms with Gasteiger partial charge in [-0.25, -0.2) is 4.79 Å². The molecule has 3 heterocycles. The molecule has 0 atom stereocenters. The van der Waals surface area contributed by atoms with Crippen molar-refractivity contribution >= 4 is 22.8 Å². The fourth-order valence-electron chi connectivity index (χ4n) is 3.73. The number of fused-ring (bicyclic) bond motifs is 1. The van der Waals surface area contributed by atoms with Crippen LogP contribution in [-0.4, -0.2) is 40.6 Å². The summed E-state index contributed by atoms with van der Waals surface area (Å²) in [7, 11) is 0. The van der Waals surface area contributed by atoms with E-state index >= 15 is 0 Å². The van der Waals surface area contributed by atoms with Crippen LogP contribution in [0.15, 0.2) is 48.8 Å². The first-order valence-electron chi connectivity index (χ1n) is 9.46. The van der Waals surface area contributed by atoms with Gasteiger partial charge in [-0.05, 0) is 55.5 Å². The smallest absolute Gasteiger partial charge is 0.321 e. The van der Waals surface area contributed by atoms with Crippen LogP contribution in [0.5, 0.6) is 5.75 Å². The second-order valence-electron chi connectivity index (χ2n) is 6.76. The Morgan fingerprint density at radius 1 is 1.26 bits per heavy atom. The van der Waals surface area contributed by atoms with E-state index in [1.807, 2.05) is 54.4 Å². The van der Waals surface area contributed by atoms with Gasteiger partial charge in [0, 0.05) is 25.5 Å². The van der Waals surface area contributed by atoms with Gasteiger partial charge in [0.25, 0.3) is 0 Å². The van der Waals surface area contributed by atoms with Crippen LogP contribution in [0.1, 0.15) is 31.2 Å². The maximum Gasteiger partial charge on any atom is 0.321 e. The van der Waals surface area contributed by atoms with E-state index in [9.17, 15) is 4.79 Å². The summed E-state index contributed by atoms with van der Waals surface area (Å²) < 4.78 is 5.59. The van der Waals surface area contributed by atoms with Gasteiger partial charge in [-0.3, -0.25) is 4.98 Å². The average Bonchev–Trinajstić information content (AvgIpc) is 3.14. The molecular formula is C21H24N4O2. The number of hydrogen-bond acceptors (Lipinski definition) is 3. The number of hydrogen-bond donors (Lipinski definition) is 2. The molecular weight excluding hydrogens is 340 g/mol. The van der Waals surface area contributed by atoms with Crippen molar-refractivity contribution in [2.75, 3.05) is 25.0 Å². The Kier molecular flexibility index (Phi) is 4.96. The van der Waals surface area contributed by atoms with Gasteiger partial charge in [-0.1, -0.05) is 12.1 Å². The highest BCUT2D eigenvalue weighted by atomic mass is 16.5. The van der Waals surface area contributed by atoms with Crippen LogP contribution in [0.4, 0.5) is 10.5 Å². The summed E-state index contributed by atoms with van der Waals surface area (Å²) in [5, 5.41) is 2.99. The molecule has 0 unspecified atom stereocenters. The second-order valence-corrected chi connectivity index (χ2v) is 6.76. The van der Waals surface area contributed by atoms with Gasteiger partial charge in [0.2, 0.25) is 0 Å². The normalized spacial score (nSPS) is 15.1. The summed E-state index contributed by atoms with van der Waals surface area (Å²) in [6.45, 7) is 3.96. The van der Waals surface area contributed by atoms with Crippen LogP contribution < -0.4 is 10.1 Å². The second kappa shape index (κ2) is 7.70. The van der Waals surface area contributed by atoms with Crippen molar-refractivity contribution in [1.29, 1.82) is 0 Å². The number of nitrogens with one attached hydrogen (secondary N) is 2. The van der Waals surface area contributed by atoms with Crippen molar-refractivity contribution < 1.29 is 9.53 Å². The number of benzene rings is 1. The van der Waals surface area contributed by atoms with E-state index in [4.69, 9.17) is 4.74 Å². The number of amides is 2. The molecule has 1 aromatic carbocycles. The summed E-state index contributed by atoms with van der Waals surface area (Å²) in [5.74, 6) is 1.13. The highest BCUT2D eigenvalue weighted by molar-refractivity contribution is 5.91. The number of pyridine rings is 1. The maximum atomic E-state index is 12.7. The van der Waals surface area contributed by atoms with Gasteiger partial charge in [0.1, 0.15) is 5.75 Å². The first kappa shape index (κ1) is 17.4. The maximum absolute atomic E-state index is 12.7. The number of likely N-dealkylation sites (tertiary alicyclic amines) is 1. The third-order valence-corrected chi connectivity index (χ3v) is 5.11. The van der Waals surface area contributed by atoms with Crippen molar-refractivity contribution in [3.05, 3.63) is 54.4 Å². The minimum Gasteiger partial charge on any atom is -0.492 e. The number of carbonyl (C=O) groups excluding carboxylic acids is 1. The molecule has 0 radical (unpaired) electrons. The Bertz CT molecular complexity index is 929. The topological polar surface area (TPSA) is 70.2 Å². The zero-order chi connectivity index (χ0) is 18.6. The lowest BCUT2D eigenvalue weighted by Crippen LogP contribution is -2.40. The molecule has 6 heteroatoms. The molecule has 4 rings (SSSR count). The fraction of sp³-hybridized carbons (Fsp3) is 0.333. The zero-order valence-electron chi connectivity index (χ0n) is 15.4. The number of nitrogens with zero attached hydrogens (tertiary/aromatic N) is 2. The number of aromatic amines is 1. The number of urea groups is 1. The van der Waals surface area contributed by atoms with Crippen molar-refractivity contribution in [1.82, 2.24) is 14.9 Å². The van der Waals surface area contributed by atoms with Gasteiger partial charge in [-0.15, -0.1) is 0 Å². The zero-order valence-corrected chi connectivity index (χ0v) is 15.4. The lowest BCUT2D eigenvalue weighted by molar-refractivity contribution is 0.194. The van der Waals surface area contributed by atoms with Crippen molar-refractivity contribution in [3.8, 4) is 5.75 Å². The number of para-hydroxylation sites is 2. The van der Waals surface area contributed by atoms with Crippen LogP contribution in [0.25, 0.3) is 11.0 Å². The molecule has 1 fully saturated rings. The van der Waals surface area contributed by atoms with E-state index in [1.165, 1.54) is 5.56 Å². The molecule has 140 valence electrons. The lowest BCUT2D eigenvalue weighted by atomic mass is 9.90. The number of carbonyl (C=O) groups is 1. The molecule has 0 spiro atoms. The monoisotopic (exact) mass is 364 g/mol. The summed E-state index contributed by atoms with van der Waals surface area (Å²) >= 11 is 0. The standard InChI is InChI=1S/C21H24N4O2/c1-2-27-19-8-4-3-6-17(19)24-21(26)25-12-9-15(10-13-25)16-14-23-18-7-5-11-22-20(16)18/h3-8,11,14-15,23H,2,9-10,12-13H2,1H3,(H,24,26). The Balaban J connectivity index is 1.40. The van der Waals surface area contributed by atoms with Crippen molar-refractivity contribution in [2.24, 2.45) is 0 Å². The van der Waals surface area contributed by atoms with E-state index in [2.05, 4.69) is 21.5 Å². The first-order valence-corrected chi connectivity index (χ1v) is 9.46. The Hall–Kier alpha value is -3.02. The highest BCUT2D eigenvalue weighted by Crippen LogP contribution is 2.32. The Morgan fingerprint density at radius 3 is 2.89 bits per heavy atom. The van der Waals surface area contributed by atoms with E-state index < -0.39 is 0 Å². The summed E-state index contributed by atoms with van der Waals surface area (Å²) in [6.07, 6.45) is 5.77. The average molecular weight is 364 g/mol. The summed E-state index contributed by atoms with van der Waals surface area (Å²) in [6, 6.07) is 11.5. The quantitative estimate of drug-likeness (QED) is 0.722. The van der Waals surface area contributed by atoms with Gasteiger partial charge in [0.05, 0.1) is 23.3 Å². The molecule has 0 bridgehead atoms. The van der Waals surface area contributed by atoms with Crippen molar-refractivity contribution in [3.63, 3.8) is 0 Å². The molecule has 0 saturated carbocycles. The van der Waals surface area contributed by atoms with Crippen LogP contribution >= 0.6 is 0 Å². The van der Waals surface area contributed by atoms with Gasteiger partial charge >= 0.3 is 6.03 Å². The third-order valence-electron chi connectivity index (χ3n) is 5.11. The van der Waals surface area contributed by atoms with E-state index in [-0.39, 0.29) is 6.03 Å². The summed E-state index contributed by atoms with van der Waals surface area (Å²) in [4.78, 5) is 22.4. The molecule has 2 aromatic heterocycles.